The molecule has 0 spiro atoms. The summed E-state index contributed by atoms with van der Waals surface area (Å²) < 4.78 is 4.98. The molecule has 0 fully saturated rings. The number of carbonyl (C=O) groups excluding carboxylic acids is 1. The fraction of sp³-hybridized carbons (Fsp3) is 0.467. The van der Waals surface area contributed by atoms with Gasteiger partial charge in [-0.05, 0) is 18.4 Å². The van der Waals surface area contributed by atoms with Crippen LogP contribution in [0.15, 0.2) is 30.3 Å². The van der Waals surface area contributed by atoms with Crippen LogP contribution in [0.25, 0.3) is 0 Å². The third kappa shape index (κ3) is 6.87. The van der Waals surface area contributed by atoms with Crippen molar-refractivity contribution in [3.63, 3.8) is 0 Å². The molecule has 0 bridgehead atoms. The van der Waals surface area contributed by atoms with Crippen LogP contribution < -0.4 is 11.1 Å². The van der Waals surface area contributed by atoms with E-state index in [-0.39, 0.29) is 18.9 Å². The minimum Gasteiger partial charge on any atom is -0.481 e. The van der Waals surface area contributed by atoms with Gasteiger partial charge in [-0.3, -0.25) is 9.59 Å². The molecule has 1 amide bonds. The van der Waals surface area contributed by atoms with Crippen molar-refractivity contribution in [1.82, 2.24) is 5.32 Å². The first-order chi connectivity index (χ1) is 10.0. The molecule has 6 heteroatoms. The first-order valence-corrected chi connectivity index (χ1v) is 6.84. The number of aryl methyl sites for hydroxylation is 1. The summed E-state index contributed by atoms with van der Waals surface area (Å²) in [5, 5.41) is 11.3. The first-order valence-electron chi connectivity index (χ1n) is 6.84. The molecule has 0 saturated carbocycles. The van der Waals surface area contributed by atoms with Crippen molar-refractivity contribution in [3.05, 3.63) is 35.9 Å². The second kappa shape index (κ2) is 9.10. The van der Waals surface area contributed by atoms with Crippen molar-refractivity contribution in [3.8, 4) is 0 Å². The fourth-order valence-corrected chi connectivity index (χ4v) is 1.88. The minimum atomic E-state index is -0.968. The molecule has 1 rings (SSSR count). The zero-order valence-corrected chi connectivity index (χ0v) is 12.1. The summed E-state index contributed by atoms with van der Waals surface area (Å²) >= 11 is 0. The van der Waals surface area contributed by atoms with Crippen LogP contribution in [0, 0.1) is 0 Å². The SMILES string of the molecule is COC(CNC(=O)C(N)CCc1ccccc1)CC(=O)O. The van der Waals surface area contributed by atoms with Crippen LogP contribution in [0.4, 0.5) is 0 Å². The van der Waals surface area contributed by atoms with Gasteiger partial charge in [0.2, 0.25) is 5.91 Å². The molecule has 0 aliphatic carbocycles. The largest absolute Gasteiger partial charge is 0.481 e. The second-order valence-electron chi connectivity index (χ2n) is 4.83. The number of carboxylic acids is 1. The number of nitrogens with two attached hydrogens (primary N) is 1. The van der Waals surface area contributed by atoms with E-state index in [1.54, 1.807) is 0 Å². The predicted octanol–water partition coefficient (Wildman–Crippen LogP) is 0.552. The summed E-state index contributed by atoms with van der Waals surface area (Å²) in [7, 11) is 1.41. The highest BCUT2D eigenvalue weighted by molar-refractivity contribution is 5.81. The van der Waals surface area contributed by atoms with E-state index in [2.05, 4.69) is 5.32 Å². The third-order valence-electron chi connectivity index (χ3n) is 3.16. The molecule has 0 aromatic heterocycles. The number of carbonyl (C=O) groups is 2. The van der Waals surface area contributed by atoms with Crippen molar-refractivity contribution in [1.29, 1.82) is 0 Å². The standard InChI is InChI=1S/C15H22N2O4/c1-21-12(9-14(18)19)10-17-15(20)13(16)8-7-11-5-3-2-4-6-11/h2-6,12-13H,7-10,16H2,1H3,(H,17,20)(H,18,19). The van der Waals surface area contributed by atoms with Crippen molar-refractivity contribution in [2.24, 2.45) is 5.73 Å². The summed E-state index contributed by atoms with van der Waals surface area (Å²) in [4.78, 5) is 22.4. The highest BCUT2D eigenvalue weighted by Gasteiger charge is 2.17. The van der Waals surface area contributed by atoms with Gasteiger partial charge in [-0.25, -0.2) is 0 Å². The topological polar surface area (TPSA) is 102 Å². The predicted molar refractivity (Wildman–Crippen MR) is 78.8 cm³/mol. The number of carboxylic acid groups (broad SMARTS) is 1. The van der Waals surface area contributed by atoms with Gasteiger partial charge >= 0.3 is 5.97 Å². The van der Waals surface area contributed by atoms with Crippen LogP contribution in [-0.4, -0.2) is 42.8 Å². The van der Waals surface area contributed by atoms with Gasteiger partial charge < -0.3 is 20.9 Å². The summed E-state index contributed by atoms with van der Waals surface area (Å²) in [6.07, 6.45) is 0.550. The Labute approximate surface area is 124 Å². The lowest BCUT2D eigenvalue weighted by Gasteiger charge is -2.16. The molecule has 0 radical (unpaired) electrons. The highest BCUT2D eigenvalue weighted by atomic mass is 16.5. The van der Waals surface area contributed by atoms with E-state index in [9.17, 15) is 9.59 Å². The lowest BCUT2D eigenvalue weighted by Crippen LogP contribution is -2.44. The molecule has 0 aliphatic heterocycles. The Balaban J connectivity index is 2.32. The van der Waals surface area contributed by atoms with Gasteiger partial charge in [0.25, 0.3) is 0 Å². The Morgan fingerprint density at radius 3 is 2.57 bits per heavy atom. The van der Waals surface area contributed by atoms with Crippen molar-refractivity contribution in [2.75, 3.05) is 13.7 Å². The number of ether oxygens (including phenoxy) is 1. The van der Waals surface area contributed by atoms with Gasteiger partial charge in [0.15, 0.2) is 0 Å². The summed E-state index contributed by atoms with van der Waals surface area (Å²) in [6, 6.07) is 9.17. The maximum Gasteiger partial charge on any atom is 0.306 e. The number of amides is 1. The van der Waals surface area contributed by atoms with E-state index in [4.69, 9.17) is 15.6 Å². The van der Waals surface area contributed by atoms with E-state index in [0.717, 1.165) is 12.0 Å². The number of hydrogen-bond donors (Lipinski definition) is 3. The number of benzene rings is 1. The molecule has 4 N–H and O–H groups in total. The quantitative estimate of drug-likeness (QED) is 0.617. The fourth-order valence-electron chi connectivity index (χ4n) is 1.88. The average Bonchev–Trinajstić information content (AvgIpc) is 2.49. The number of nitrogens with one attached hydrogen (secondary N) is 1. The van der Waals surface area contributed by atoms with E-state index >= 15 is 0 Å². The van der Waals surface area contributed by atoms with E-state index < -0.39 is 18.1 Å². The van der Waals surface area contributed by atoms with Crippen LogP contribution in [0.2, 0.25) is 0 Å². The van der Waals surface area contributed by atoms with Crippen LogP contribution in [0.1, 0.15) is 18.4 Å². The van der Waals surface area contributed by atoms with Crippen LogP contribution in [0.5, 0.6) is 0 Å². The zero-order valence-electron chi connectivity index (χ0n) is 12.1. The molecule has 21 heavy (non-hydrogen) atoms. The van der Waals surface area contributed by atoms with Gasteiger partial charge in [0.1, 0.15) is 0 Å². The zero-order chi connectivity index (χ0) is 15.7. The van der Waals surface area contributed by atoms with Gasteiger partial charge in [-0.15, -0.1) is 0 Å². The van der Waals surface area contributed by atoms with E-state index in [0.29, 0.717) is 6.42 Å². The van der Waals surface area contributed by atoms with Crippen LogP contribution >= 0.6 is 0 Å². The van der Waals surface area contributed by atoms with Crippen LogP contribution in [0.3, 0.4) is 0 Å². The van der Waals surface area contributed by atoms with E-state index in [1.807, 2.05) is 30.3 Å². The number of methoxy groups -OCH3 is 1. The Kier molecular flexibility index (Phi) is 7.42. The molecule has 1 aromatic carbocycles. The Morgan fingerprint density at radius 1 is 1.33 bits per heavy atom. The summed E-state index contributed by atoms with van der Waals surface area (Å²) in [6.45, 7) is 0.140. The maximum atomic E-state index is 11.8. The van der Waals surface area contributed by atoms with E-state index in [1.165, 1.54) is 7.11 Å². The molecule has 2 unspecified atom stereocenters. The molecule has 2 atom stereocenters. The molecule has 0 heterocycles. The third-order valence-corrected chi connectivity index (χ3v) is 3.16. The Hall–Kier alpha value is -1.92. The summed E-state index contributed by atoms with van der Waals surface area (Å²) in [5.74, 6) is -1.26. The lowest BCUT2D eigenvalue weighted by molar-refractivity contribution is -0.140. The molecular formula is C15H22N2O4. The minimum absolute atomic E-state index is 0.140. The molecule has 0 saturated heterocycles. The van der Waals surface area contributed by atoms with Gasteiger partial charge in [-0.2, -0.15) is 0 Å². The molecule has 0 aliphatic rings. The first kappa shape index (κ1) is 17.1. The average molecular weight is 294 g/mol. The van der Waals surface area contributed by atoms with Gasteiger partial charge in [0, 0.05) is 13.7 Å². The molecular weight excluding hydrogens is 272 g/mol. The Bertz CT molecular complexity index is 450. The highest BCUT2D eigenvalue weighted by Crippen LogP contribution is 2.04. The smallest absolute Gasteiger partial charge is 0.306 e. The van der Waals surface area contributed by atoms with Crippen molar-refractivity contribution in [2.45, 2.75) is 31.4 Å². The molecule has 116 valence electrons. The maximum absolute atomic E-state index is 11.8. The van der Waals surface area contributed by atoms with Crippen molar-refractivity contribution < 1.29 is 19.4 Å². The monoisotopic (exact) mass is 294 g/mol. The normalized spacial score (nSPS) is 13.4. The Morgan fingerprint density at radius 2 is 2.00 bits per heavy atom. The number of hydrogen-bond acceptors (Lipinski definition) is 4. The summed E-state index contributed by atoms with van der Waals surface area (Å²) in [5.41, 5.74) is 6.95. The van der Waals surface area contributed by atoms with Crippen LogP contribution in [-0.2, 0) is 20.7 Å². The molecule has 1 aromatic rings. The number of aliphatic carboxylic acids is 1. The van der Waals surface area contributed by atoms with Gasteiger partial charge in [-0.1, -0.05) is 30.3 Å². The van der Waals surface area contributed by atoms with Gasteiger partial charge in [0.05, 0.1) is 18.6 Å². The second-order valence-corrected chi connectivity index (χ2v) is 4.83. The number of rotatable bonds is 9. The lowest BCUT2D eigenvalue weighted by atomic mass is 10.1. The van der Waals surface area contributed by atoms with Crippen molar-refractivity contribution >= 4 is 11.9 Å². The molecule has 6 nitrogen and oxygen atoms in total.